The number of amides is 1. The highest BCUT2D eigenvalue weighted by atomic mass is 16.5. The average molecular weight is 350 g/mol. The summed E-state index contributed by atoms with van der Waals surface area (Å²) in [6, 6.07) is 15.1. The van der Waals surface area contributed by atoms with Crippen molar-refractivity contribution in [2.75, 3.05) is 7.11 Å². The lowest BCUT2D eigenvalue weighted by Gasteiger charge is -2.15. The van der Waals surface area contributed by atoms with Gasteiger partial charge in [-0.2, -0.15) is 0 Å². The molecule has 3 aromatic rings. The molecule has 0 radical (unpaired) electrons. The van der Waals surface area contributed by atoms with Crippen molar-refractivity contribution >= 4 is 22.8 Å². The van der Waals surface area contributed by atoms with E-state index in [0.29, 0.717) is 11.3 Å². The average Bonchev–Trinajstić information content (AvgIpc) is 2.67. The number of carboxylic acid groups (broad SMARTS) is 1. The van der Waals surface area contributed by atoms with Crippen LogP contribution in [0.25, 0.3) is 10.9 Å². The molecule has 0 aliphatic carbocycles. The van der Waals surface area contributed by atoms with E-state index in [1.54, 1.807) is 37.4 Å². The van der Waals surface area contributed by atoms with Gasteiger partial charge in [0.05, 0.1) is 18.2 Å². The Hall–Kier alpha value is -3.41. The Bertz CT molecular complexity index is 938. The standard InChI is InChI=1S/C20H18N2O4/c1-26-16-8-6-13(7-9-16)10-18(20(24)25)22-19(23)15-11-14-4-2-3-5-17(14)21-12-15/h2-9,11-12,18H,10H2,1H3,(H,22,23)(H,24,25)/t18-/m0/s1. The molecule has 0 aliphatic rings. The third-order valence-electron chi connectivity index (χ3n) is 4.05. The van der Waals surface area contributed by atoms with Crippen LogP contribution in [-0.2, 0) is 11.2 Å². The molecule has 0 saturated carbocycles. The van der Waals surface area contributed by atoms with Crippen LogP contribution in [0.15, 0.2) is 60.8 Å². The molecule has 0 fully saturated rings. The van der Waals surface area contributed by atoms with Crippen LogP contribution in [0, 0.1) is 0 Å². The van der Waals surface area contributed by atoms with E-state index in [2.05, 4.69) is 10.3 Å². The van der Waals surface area contributed by atoms with E-state index in [1.807, 2.05) is 24.3 Å². The summed E-state index contributed by atoms with van der Waals surface area (Å²) < 4.78 is 5.09. The number of rotatable bonds is 6. The quantitative estimate of drug-likeness (QED) is 0.713. The summed E-state index contributed by atoms with van der Waals surface area (Å²) in [5.74, 6) is -0.876. The summed E-state index contributed by atoms with van der Waals surface area (Å²) in [6.07, 6.45) is 1.62. The lowest BCUT2D eigenvalue weighted by atomic mass is 10.1. The maximum atomic E-state index is 12.5. The molecule has 6 nitrogen and oxygen atoms in total. The smallest absolute Gasteiger partial charge is 0.326 e. The third kappa shape index (κ3) is 3.97. The molecule has 6 heteroatoms. The van der Waals surface area contributed by atoms with E-state index < -0.39 is 17.9 Å². The first kappa shape index (κ1) is 17.4. The predicted octanol–water partition coefficient (Wildman–Crippen LogP) is 2.67. The Morgan fingerprint density at radius 3 is 2.58 bits per heavy atom. The van der Waals surface area contributed by atoms with Gasteiger partial charge in [0.15, 0.2) is 0 Å². The second-order valence-corrected chi connectivity index (χ2v) is 5.83. The first-order valence-electron chi connectivity index (χ1n) is 8.08. The number of carbonyl (C=O) groups is 2. The maximum absolute atomic E-state index is 12.5. The second kappa shape index (κ2) is 7.65. The van der Waals surface area contributed by atoms with Gasteiger partial charge in [-0.05, 0) is 29.8 Å². The van der Waals surface area contributed by atoms with Gasteiger partial charge in [-0.15, -0.1) is 0 Å². The van der Waals surface area contributed by atoms with Crippen LogP contribution in [0.1, 0.15) is 15.9 Å². The lowest BCUT2D eigenvalue weighted by Crippen LogP contribution is -2.42. The first-order valence-corrected chi connectivity index (χ1v) is 8.08. The summed E-state index contributed by atoms with van der Waals surface area (Å²) >= 11 is 0. The van der Waals surface area contributed by atoms with Crippen molar-refractivity contribution in [3.63, 3.8) is 0 Å². The molecule has 0 unspecified atom stereocenters. The van der Waals surface area contributed by atoms with Crippen molar-refractivity contribution in [3.05, 3.63) is 71.9 Å². The van der Waals surface area contributed by atoms with Gasteiger partial charge in [0, 0.05) is 18.0 Å². The van der Waals surface area contributed by atoms with E-state index in [0.717, 1.165) is 16.5 Å². The van der Waals surface area contributed by atoms with Crippen molar-refractivity contribution in [1.82, 2.24) is 10.3 Å². The van der Waals surface area contributed by atoms with Crippen LogP contribution in [0.5, 0.6) is 5.75 Å². The van der Waals surface area contributed by atoms with Crippen molar-refractivity contribution in [1.29, 1.82) is 0 Å². The number of carboxylic acids is 1. The topological polar surface area (TPSA) is 88.5 Å². The zero-order chi connectivity index (χ0) is 18.5. The van der Waals surface area contributed by atoms with Crippen LogP contribution in [0.3, 0.4) is 0 Å². The number of aliphatic carboxylic acids is 1. The van der Waals surface area contributed by atoms with Crippen LogP contribution >= 0.6 is 0 Å². The van der Waals surface area contributed by atoms with Gasteiger partial charge in [-0.25, -0.2) is 4.79 Å². The minimum Gasteiger partial charge on any atom is -0.497 e. The fraction of sp³-hybridized carbons (Fsp3) is 0.150. The second-order valence-electron chi connectivity index (χ2n) is 5.83. The van der Waals surface area contributed by atoms with Gasteiger partial charge < -0.3 is 15.2 Å². The molecule has 3 rings (SSSR count). The van der Waals surface area contributed by atoms with Crippen LogP contribution < -0.4 is 10.1 Å². The number of nitrogens with zero attached hydrogens (tertiary/aromatic N) is 1. The van der Waals surface area contributed by atoms with Gasteiger partial charge in [0.1, 0.15) is 11.8 Å². The van der Waals surface area contributed by atoms with Gasteiger partial charge in [0.2, 0.25) is 0 Å². The van der Waals surface area contributed by atoms with Crippen molar-refractivity contribution in [3.8, 4) is 5.75 Å². The number of hydrogen-bond donors (Lipinski definition) is 2. The predicted molar refractivity (Wildman–Crippen MR) is 97.3 cm³/mol. The number of methoxy groups -OCH3 is 1. The number of fused-ring (bicyclic) bond motifs is 1. The molecule has 0 aliphatic heterocycles. The van der Waals surface area contributed by atoms with E-state index in [1.165, 1.54) is 6.20 Å². The van der Waals surface area contributed by atoms with Gasteiger partial charge >= 0.3 is 5.97 Å². The lowest BCUT2D eigenvalue weighted by molar-refractivity contribution is -0.139. The minimum absolute atomic E-state index is 0.173. The van der Waals surface area contributed by atoms with E-state index in [-0.39, 0.29) is 6.42 Å². The maximum Gasteiger partial charge on any atom is 0.326 e. The van der Waals surface area contributed by atoms with E-state index in [9.17, 15) is 14.7 Å². The Balaban J connectivity index is 1.75. The van der Waals surface area contributed by atoms with Gasteiger partial charge in [-0.3, -0.25) is 9.78 Å². The minimum atomic E-state index is -1.09. The number of pyridine rings is 1. The molecule has 132 valence electrons. The van der Waals surface area contributed by atoms with Crippen molar-refractivity contribution < 1.29 is 19.4 Å². The van der Waals surface area contributed by atoms with Gasteiger partial charge in [0.25, 0.3) is 5.91 Å². The summed E-state index contributed by atoms with van der Waals surface area (Å²) in [7, 11) is 1.56. The first-order chi connectivity index (χ1) is 12.6. The highest BCUT2D eigenvalue weighted by Crippen LogP contribution is 2.15. The normalized spacial score (nSPS) is 11.7. The fourth-order valence-electron chi connectivity index (χ4n) is 2.63. The zero-order valence-corrected chi connectivity index (χ0v) is 14.2. The third-order valence-corrected chi connectivity index (χ3v) is 4.05. The summed E-state index contributed by atoms with van der Waals surface area (Å²) in [5.41, 5.74) is 1.89. The van der Waals surface area contributed by atoms with Crippen LogP contribution in [-0.4, -0.2) is 35.1 Å². The number of hydrogen-bond acceptors (Lipinski definition) is 4. The SMILES string of the molecule is COc1ccc(C[C@H](NC(=O)c2cnc3ccccc3c2)C(=O)O)cc1. The van der Waals surface area contributed by atoms with E-state index >= 15 is 0 Å². The molecule has 1 heterocycles. The fourth-order valence-corrected chi connectivity index (χ4v) is 2.63. The molecule has 2 N–H and O–H groups in total. The molecule has 1 atom stereocenters. The molecule has 0 saturated heterocycles. The Morgan fingerprint density at radius 2 is 1.88 bits per heavy atom. The number of aromatic nitrogens is 1. The number of nitrogens with one attached hydrogen (secondary N) is 1. The van der Waals surface area contributed by atoms with E-state index in [4.69, 9.17) is 4.74 Å². The van der Waals surface area contributed by atoms with Gasteiger partial charge in [-0.1, -0.05) is 30.3 Å². The molecule has 0 spiro atoms. The summed E-state index contributed by atoms with van der Waals surface area (Å²) in [6.45, 7) is 0. The zero-order valence-electron chi connectivity index (χ0n) is 14.2. The molecule has 1 amide bonds. The largest absolute Gasteiger partial charge is 0.497 e. The number of ether oxygens (including phenoxy) is 1. The molecular formula is C20H18N2O4. The molecule has 26 heavy (non-hydrogen) atoms. The highest BCUT2D eigenvalue weighted by molar-refractivity contribution is 5.99. The highest BCUT2D eigenvalue weighted by Gasteiger charge is 2.21. The number of para-hydroxylation sites is 1. The van der Waals surface area contributed by atoms with Crippen LogP contribution in [0.4, 0.5) is 0 Å². The number of carbonyl (C=O) groups excluding carboxylic acids is 1. The summed E-state index contributed by atoms with van der Waals surface area (Å²) in [4.78, 5) is 28.2. The molecule has 0 bridgehead atoms. The Morgan fingerprint density at radius 1 is 1.15 bits per heavy atom. The molecule has 1 aromatic heterocycles. The molecule has 2 aromatic carbocycles. The monoisotopic (exact) mass is 350 g/mol. The number of benzene rings is 2. The Kier molecular flexibility index (Phi) is 5.12. The molecular weight excluding hydrogens is 332 g/mol. The Labute approximate surface area is 150 Å². The van der Waals surface area contributed by atoms with Crippen molar-refractivity contribution in [2.45, 2.75) is 12.5 Å². The van der Waals surface area contributed by atoms with Crippen molar-refractivity contribution in [2.24, 2.45) is 0 Å². The van der Waals surface area contributed by atoms with Crippen LogP contribution in [0.2, 0.25) is 0 Å². The summed E-state index contributed by atoms with van der Waals surface area (Å²) in [5, 5.41) is 12.8.